The molecule has 1 amide bonds. The Hall–Kier alpha value is -1.24. The highest BCUT2D eigenvalue weighted by Crippen LogP contribution is 2.23. The van der Waals surface area contributed by atoms with E-state index < -0.39 is 5.60 Å². The zero-order valence-electron chi connectivity index (χ0n) is 10.5. The summed E-state index contributed by atoms with van der Waals surface area (Å²) < 4.78 is 5.29. The molecule has 1 fully saturated rings. The quantitative estimate of drug-likeness (QED) is 0.635. The molecule has 16 heavy (non-hydrogen) atoms. The fraction of sp³-hybridized carbons (Fsp3) is 0.833. The Labute approximate surface area is 97.2 Å². The molecular formula is C12H20N2O2. The molecule has 0 radical (unpaired) electrons. The molecule has 0 aromatic carbocycles. The minimum absolute atomic E-state index is 0.328. The van der Waals surface area contributed by atoms with Gasteiger partial charge in [-0.05, 0) is 39.5 Å². The van der Waals surface area contributed by atoms with Crippen LogP contribution in [0.1, 0.15) is 40.5 Å². The Morgan fingerprint density at radius 3 is 2.56 bits per heavy atom. The predicted octanol–water partition coefficient (Wildman–Crippen LogP) is 2.55. The summed E-state index contributed by atoms with van der Waals surface area (Å²) in [6, 6.07) is 1.84. The topological polar surface area (TPSA) is 53.3 Å². The lowest BCUT2D eigenvalue weighted by atomic mass is 9.95. The Morgan fingerprint density at radius 2 is 2.06 bits per heavy atom. The van der Waals surface area contributed by atoms with E-state index in [2.05, 4.69) is 13.0 Å². The van der Waals surface area contributed by atoms with Gasteiger partial charge in [0.1, 0.15) is 11.6 Å². The minimum atomic E-state index is -0.502. The molecule has 2 unspecified atom stereocenters. The van der Waals surface area contributed by atoms with Crippen LogP contribution in [0.4, 0.5) is 4.79 Å². The van der Waals surface area contributed by atoms with Gasteiger partial charge < -0.3 is 4.74 Å². The molecule has 2 atom stereocenters. The summed E-state index contributed by atoms with van der Waals surface area (Å²) in [6.07, 6.45) is 1.37. The zero-order chi connectivity index (χ0) is 12.3. The molecule has 4 nitrogen and oxygen atoms in total. The number of rotatable bonds is 0. The SMILES string of the molecule is CC1CCC(C#N)N(C(=O)OC(C)(C)C)C1. The average molecular weight is 224 g/mol. The van der Waals surface area contributed by atoms with Gasteiger partial charge in [-0.2, -0.15) is 5.26 Å². The molecule has 1 rings (SSSR count). The largest absolute Gasteiger partial charge is 0.444 e. The van der Waals surface area contributed by atoms with Gasteiger partial charge in [-0.15, -0.1) is 0 Å². The number of ether oxygens (including phenoxy) is 1. The monoisotopic (exact) mass is 224 g/mol. The number of likely N-dealkylation sites (tertiary alicyclic amines) is 1. The molecule has 1 aliphatic rings. The normalized spacial score (nSPS) is 26.1. The Morgan fingerprint density at radius 1 is 1.44 bits per heavy atom. The fourth-order valence-corrected chi connectivity index (χ4v) is 1.81. The van der Waals surface area contributed by atoms with Crippen molar-refractivity contribution in [3.63, 3.8) is 0 Å². The number of hydrogen-bond donors (Lipinski definition) is 0. The maximum Gasteiger partial charge on any atom is 0.411 e. The molecule has 0 N–H and O–H groups in total. The number of amides is 1. The van der Waals surface area contributed by atoms with E-state index in [0.717, 1.165) is 12.8 Å². The number of carbonyl (C=O) groups is 1. The first-order valence-corrected chi connectivity index (χ1v) is 5.72. The van der Waals surface area contributed by atoms with Gasteiger partial charge in [-0.3, -0.25) is 4.90 Å². The third-order valence-corrected chi connectivity index (χ3v) is 2.59. The third-order valence-electron chi connectivity index (χ3n) is 2.59. The summed E-state index contributed by atoms with van der Waals surface area (Å²) in [5, 5.41) is 9.00. The minimum Gasteiger partial charge on any atom is -0.444 e. The molecule has 0 aromatic rings. The van der Waals surface area contributed by atoms with E-state index in [9.17, 15) is 4.79 Å². The van der Waals surface area contributed by atoms with Gasteiger partial charge in [0, 0.05) is 6.54 Å². The van der Waals surface area contributed by atoms with Crippen molar-refractivity contribution in [1.82, 2.24) is 4.90 Å². The number of nitrogens with zero attached hydrogens (tertiary/aromatic N) is 2. The third kappa shape index (κ3) is 3.41. The second kappa shape index (κ2) is 4.73. The van der Waals surface area contributed by atoms with Crippen molar-refractivity contribution < 1.29 is 9.53 Å². The molecule has 0 saturated carbocycles. The second-order valence-corrected chi connectivity index (χ2v) is 5.46. The number of piperidine rings is 1. The lowest BCUT2D eigenvalue weighted by Gasteiger charge is -2.35. The standard InChI is InChI=1S/C12H20N2O2/c1-9-5-6-10(7-13)14(8-9)11(15)16-12(2,3)4/h9-10H,5-6,8H2,1-4H3. The summed E-state index contributed by atoms with van der Waals surface area (Å²) in [5.41, 5.74) is -0.502. The van der Waals surface area contributed by atoms with Gasteiger partial charge in [0.15, 0.2) is 0 Å². The van der Waals surface area contributed by atoms with Gasteiger partial charge in [0.05, 0.1) is 6.07 Å². The second-order valence-electron chi connectivity index (χ2n) is 5.46. The molecule has 4 heteroatoms. The zero-order valence-corrected chi connectivity index (χ0v) is 10.5. The summed E-state index contributed by atoms with van der Waals surface area (Å²) in [5.74, 6) is 0.442. The summed E-state index contributed by atoms with van der Waals surface area (Å²) >= 11 is 0. The number of nitriles is 1. The van der Waals surface area contributed by atoms with Crippen LogP contribution in [0, 0.1) is 17.2 Å². The number of hydrogen-bond acceptors (Lipinski definition) is 3. The highest BCUT2D eigenvalue weighted by Gasteiger charge is 2.32. The lowest BCUT2D eigenvalue weighted by Crippen LogP contribution is -2.47. The fourth-order valence-electron chi connectivity index (χ4n) is 1.81. The lowest BCUT2D eigenvalue weighted by molar-refractivity contribution is 0.0106. The molecule has 0 aliphatic carbocycles. The van der Waals surface area contributed by atoms with Crippen LogP contribution in [0.15, 0.2) is 0 Å². The summed E-state index contributed by atoms with van der Waals surface area (Å²) in [4.78, 5) is 13.4. The Kier molecular flexibility index (Phi) is 3.79. The van der Waals surface area contributed by atoms with E-state index in [-0.39, 0.29) is 12.1 Å². The van der Waals surface area contributed by atoms with E-state index >= 15 is 0 Å². The van der Waals surface area contributed by atoms with Crippen LogP contribution in [0.25, 0.3) is 0 Å². The van der Waals surface area contributed by atoms with Crippen LogP contribution in [-0.4, -0.2) is 29.2 Å². The predicted molar refractivity (Wildman–Crippen MR) is 60.7 cm³/mol. The van der Waals surface area contributed by atoms with Gasteiger partial charge in [-0.1, -0.05) is 6.92 Å². The smallest absolute Gasteiger partial charge is 0.411 e. The van der Waals surface area contributed by atoms with E-state index in [1.54, 1.807) is 4.90 Å². The highest BCUT2D eigenvalue weighted by atomic mass is 16.6. The molecule has 1 aliphatic heterocycles. The summed E-state index contributed by atoms with van der Waals surface area (Å²) in [6.45, 7) is 8.21. The maximum atomic E-state index is 11.9. The van der Waals surface area contributed by atoms with Crippen molar-refractivity contribution in [2.45, 2.75) is 52.2 Å². The maximum absolute atomic E-state index is 11.9. The van der Waals surface area contributed by atoms with E-state index in [4.69, 9.17) is 10.00 Å². The Bertz CT molecular complexity index is 301. The van der Waals surface area contributed by atoms with Gasteiger partial charge >= 0.3 is 6.09 Å². The highest BCUT2D eigenvalue weighted by molar-refractivity contribution is 5.69. The number of carbonyl (C=O) groups excluding carboxylic acids is 1. The average Bonchev–Trinajstić information content (AvgIpc) is 2.15. The molecule has 0 spiro atoms. The Balaban J connectivity index is 2.68. The van der Waals surface area contributed by atoms with Gasteiger partial charge in [0.25, 0.3) is 0 Å². The summed E-state index contributed by atoms with van der Waals surface area (Å²) in [7, 11) is 0. The molecule has 0 bridgehead atoms. The van der Waals surface area contributed by atoms with Crippen molar-refractivity contribution >= 4 is 6.09 Å². The van der Waals surface area contributed by atoms with Crippen molar-refractivity contribution in [1.29, 1.82) is 5.26 Å². The van der Waals surface area contributed by atoms with Crippen LogP contribution >= 0.6 is 0 Å². The molecule has 0 aromatic heterocycles. The van der Waals surface area contributed by atoms with Crippen LogP contribution in [0.2, 0.25) is 0 Å². The van der Waals surface area contributed by atoms with Crippen molar-refractivity contribution in [3.05, 3.63) is 0 Å². The molecule has 1 saturated heterocycles. The van der Waals surface area contributed by atoms with Crippen LogP contribution in [0.3, 0.4) is 0 Å². The molecule has 90 valence electrons. The first-order valence-electron chi connectivity index (χ1n) is 5.72. The van der Waals surface area contributed by atoms with Crippen LogP contribution in [0.5, 0.6) is 0 Å². The van der Waals surface area contributed by atoms with E-state index in [1.165, 1.54) is 0 Å². The molecule has 1 heterocycles. The van der Waals surface area contributed by atoms with E-state index in [0.29, 0.717) is 12.5 Å². The first-order chi connectivity index (χ1) is 7.33. The van der Waals surface area contributed by atoms with Crippen LogP contribution in [-0.2, 0) is 4.74 Å². The molecular weight excluding hydrogens is 204 g/mol. The van der Waals surface area contributed by atoms with Gasteiger partial charge in [-0.25, -0.2) is 4.79 Å². The first kappa shape index (κ1) is 12.8. The van der Waals surface area contributed by atoms with E-state index in [1.807, 2.05) is 20.8 Å². The van der Waals surface area contributed by atoms with Crippen molar-refractivity contribution in [3.8, 4) is 6.07 Å². The van der Waals surface area contributed by atoms with Gasteiger partial charge in [0.2, 0.25) is 0 Å². The van der Waals surface area contributed by atoms with Crippen molar-refractivity contribution in [2.24, 2.45) is 5.92 Å². The van der Waals surface area contributed by atoms with Crippen molar-refractivity contribution in [2.75, 3.05) is 6.54 Å². The van der Waals surface area contributed by atoms with Crippen LogP contribution < -0.4 is 0 Å².